The first kappa shape index (κ1) is 37.1. The topological polar surface area (TPSA) is 8.17 Å². The maximum Gasteiger partial charge on any atom is 0.0714 e. The summed E-state index contributed by atoms with van der Waals surface area (Å²) in [6.07, 6.45) is 0. The third-order valence-corrected chi connectivity index (χ3v) is 13.8. The molecule has 0 saturated carbocycles. The smallest absolute Gasteiger partial charge is 0.0714 e. The van der Waals surface area contributed by atoms with Crippen molar-refractivity contribution in [1.82, 2.24) is 4.57 Å². The van der Waals surface area contributed by atoms with Gasteiger partial charge in [-0.1, -0.05) is 182 Å². The average molecular weight is 827 g/mol. The van der Waals surface area contributed by atoms with E-state index >= 15 is 0 Å². The van der Waals surface area contributed by atoms with Crippen LogP contribution < -0.4 is 4.90 Å². The Bertz CT molecular complexity index is 3710. The number of hydrogen-bond donors (Lipinski definition) is 0. The van der Waals surface area contributed by atoms with Gasteiger partial charge in [-0.25, -0.2) is 0 Å². The first-order valence-electron chi connectivity index (χ1n) is 22.5. The first-order chi connectivity index (χ1) is 32.2. The molecule has 0 N–H and O–H groups in total. The molecule has 1 aliphatic carbocycles. The Labute approximate surface area is 378 Å². The zero-order chi connectivity index (χ0) is 42.9. The largest absolute Gasteiger partial charge is 0.310 e. The summed E-state index contributed by atoms with van der Waals surface area (Å²) in [6.45, 7) is 0. The van der Waals surface area contributed by atoms with Crippen molar-refractivity contribution in [2.75, 3.05) is 4.90 Å². The summed E-state index contributed by atoms with van der Waals surface area (Å²) < 4.78 is 2.38. The minimum Gasteiger partial charge on any atom is -0.310 e. The van der Waals surface area contributed by atoms with Gasteiger partial charge in [0.05, 0.1) is 22.1 Å². The summed E-state index contributed by atoms with van der Waals surface area (Å²) in [5.41, 5.74) is 16.4. The van der Waals surface area contributed by atoms with Gasteiger partial charge >= 0.3 is 0 Å². The third kappa shape index (κ3) is 5.74. The lowest BCUT2D eigenvalue weighted by Crippen LogP contribution is -2.28. The number of rotatable bonds is 7. The van der Waals surface area contributed by atoms with Crippen LogP contribution in [-0.2, 0) is 5.41 Å². The molecule has 12 aromatic rings. The Balaban J connectivity index is 1.01. The molecule has 0 bridgehead atoms. The van der Waals surface area contributed by atoms with E-state index in [1.54, 1.807) is 0 Å². The molecule has 1 aromatic heterocycles. The van der Waals surface area contributed by atoms with Crippen LogP contribution in [0.5, 0.6) is 0 Å². The number of aromatic nitrogens is 1. The summed E-state index contributed by atoms with van der Waals surface area (Å²) in [4.78, 5) is 2.46. The molecule has 2 heteroatoms. The molecule has 11 aromatic carbocycles. The normalized spacial score (nSPS) is 12.7. The van der Waals surface area contributed by atoms with Gasteiger partial charge in [0.1, 0.15) is 0 Å². The molecule has 13 rings (SSSR count). The fraction of sp³-hybridized carbons (Fsp3) is 0.0159. The number of hydrogen-bond acceptors (Lipinski definition) is 1. The van der Waals surface area contributed by atoms with E-state index in [0.29, 0.717) is 0 Å². The fourth-order valence-corrected chi connectivity index (χ4v) is 10.9. The van der Waals surface area contributed by atoms with E-state index in [1.807, 2.05) is 0 Å². The van der Waals surface area contributed by atoms with Crippen molar-refractivity contribution < 1.29 is 0 Å². The van der Waals surface area contributed by atoms with Gasteiger partial charge in [0.2, 0.25) is 0 Å². The molecule has 0 atom stereocenters. The van der Waals surface area contributed by atoms with Crippen molar-refractivity contribution in [3.63, 3.8) is 0 Å². The molecule has 0 amide bonds. The number of benzene rings is 11. The molecule has 0 unspecified atom stereocenters. The molecular weight excluding hydrogens is 785 g/mol. The lowest BCUT2D eigenvalue weighted by molar-refractivity contribution is 0.769. The zero-order valence-electron chi connectivity index (χ0n) is 35.6. The van der Waals surface area contributed by atoms with Crippen LogP contribution in [0.1, 0.15) is 22.3 Å². The van der Waals surface area contributed by atoms with Gasteiger partial charge in [-0.15, -0.1) is 0 Å². The summed E-state index contributed by atoms with van der Waals surface area (Å²) in [5, 5.41) is 7.40. The lowest BCUT2D eigenvalue weighted by Gasteiger charge is -2.35. The Morgan fingerprint density at radius 1 is 0.323 bits per heavy atom. The van der Waals surface area contributed by atoms with Crippen molar-refractivity contribution in [1.29, 1.82) is 0 Å². The van der Waals surface area contributed by atoms with Crippen LogP contribution in [0.2, 0.25) is 0 Å². The van der Waals surface area contributed by atoms with Crippen LogP contribution in [0, 0.1) is 0 Å². The van der Waals surface area contributed by atoms with Crippen LogP contribution in [0.3, 0.4) is 0 Å². The number of anilines is 3. The van der Waals surface area contributed by atoms with Gasteiger partial charge in [0.15, 0.2) is 0 Å². The average Bonchev–Trinajstić information content (AvgIpc) is 3.86. The molecule has 0 radical (unpaired) electrons. The van der Waals surface area contributed by atoms with E-state index in [4.69, 9.17) is 0 Å². The predicted octanol–water partition coefficient (Wildman–Crippen LogP) is 16.6. The molecule has 0 saturated heterocycles. The molecule has 1 heterocycles. The minimum atomic E-state index is -0.552. The minimum absolute atomic E-state index is 0.552. The lowest BCUT2D eigenvalue weighted by atomic mass is 9.67. The third-order valence-electron chi connectivity index (χ3n) is 13.8. The maximum atomic E-state index is 2.48. The van der Waals surface area contributed by atoms with Crippen molar-refractivity contribution in [3.8, 4) is 27.9 Å². The second-order valence-electron chi connectivity index (χ2n) is 17.3. The Kier molecular flexibility index (Phi) is 8.47. The Morgan fingerprint density at radius 2 is 0.877 bits per heavy atom. The van der Waals surface area contributed by atoms with Crippen LogP contribution >= 0.6 is 0 Å². The van der Waals surface area contributed by atoms with Crippen molar-refractivity contribution in [3.05, 3.63) is 277 Å². The van der Waals surface area contributed by atoms with E-state index in [0.717, 1.165) is 22.7 Å². The van der Waals surface area contributed by atoms with Crippen molar-refractivity contribution in [2.45, 2.75) is 5.41 Å². The van der Waals surface area contributed by atoms with Gasteiger partial charge in [-0.05, 0) is 133 Å². The van der Waals surface area contributed by atoms with Gasteiger partial charge in [-0.3, -0.25) is 0 Å². The summed E-state index contributed by atoms with van der Waals surface area (Å²) in [7, 11) is 0. The fourth-order valence-electron chi connectivity index (χ4n) is 10.9. The molecule has 2 nitrogen and oxygen atoms in total. The molecule has 0 spiro atoms. The molecule has 304 valence electrons. The van der Waals surface area contributed by atoms with E-state index in [-0.39, 0.29) is 0 Å². The second-order valence-corrected chi connectivity index (χ2v) is 17.3. The Hall–Kier alpha value is -8.46. The van der Waals surface area contributed by atoms with Gasteiger partial charge in [-0.2, -0.15) is 0 Å². The molecule has 65 heavy (non-hydrogen) atoms. The summed E-state index contributed by atoms with van der Waals surface area (Å²) in [5.74, 6) is 0. The van der Waals surface area contributed by atoms with Crippen molar-refractivity contribution >= 4 is 60.4 Å². The first-order valence-corrected chi connectivity index (χ1v) is 22.5. The van der Waals surface area contributed by atoms with Gasteiger partial charge in [0.25, 0.3) is 0 Å². The zero-order valence-corrected chi connectivity index (χ0v) is 35.6. The van der Waals surface area contributed by atoms with E-state index < -0.39 is 5.41 Å². The Morgan fingerprint density at radius 3 is 1.62 bits per heavy atom. The summed E-state index contributed by atoms with van der Waals surface area (Å²) >= 11 is 0. The van der Waals surface area contributed by atoms with Gasteiger partial charge in [0, 0.05) is 33.2 Å². The van der Waals surface area contributed by atoms with E-state index in [2.05, 4.69) is 264 Å². The molecule has 0 aliphatic heterocycles. The molecular formula is C63H42N2. The molecule has 1 aliphatic rings. The van der Waals surface area contributed by atoms with E-state index in [1.165, 1.54) is 87.9 Å². The van der Waals surface area contributed by atoms with Crippen LogP contribution in [0.4, 0.5) is 17.1 Å². The maximum absolute atomic E-state index is 2.48. The van der Waals surface area contributed by atoms with Crippen LogP contribution in [-0.4, -0.2) is 4.57 Å². The standard InChI is InChI=1S/C63H42N2/c1-4-21-48(22-5-1)63(49-23-6-2-7-24-49)58-41-46-19-11-10-18-45(46)39-56(58)54-37-36-52(42-59(54)63)64(60-30-16-20-44-17-12-13-27-53(44)60)51-34-31-43(32-35-51)47-33-38-62-57(40-47)55-28-14-15-29-61(55)65(62)50-25-8-3-9-26-50/h1-42H. The van der Waals surface area contributed by atoms with Crippen LogP contribution in [0.25, 0.3) is 71.3 Å². The monoisotopic (exact) mass is 826 g/mol. The second kappa shape index (κ2) is 14.8. The van der Waals surface area contributed by atoms with E-state index in [9.17, 15) is 0 Å². The number of para-hydroxylation sites is 2. The predicted molar refractivity (Wildman–Crippen MR) is 273 cm³/mol. The highest BCUT2D eigenvalue weighted by Crippen LogP contribution is 2.58. The highest BCUT2D eigenvalue weighted by atomic mass is 15.1. The number of fused-ring (bicyclic) bond motifs is 8. The number of nitrogens with zero attached hydrogens (tertiary/aromatic N) is 2. The van der Waals surface area contributed by atoms with Gasteiger partial charge < -0.3 is 9.47 Å². The quantitative estimate of drug-likeness (QED) is 0.155. The van der Waals surface area contributed by atoms with Crippen molar-refractivity contribution in [2.24, 2.45) is 0 Å². The SMILES string of the molecule is c1ccc(-n2c3ccccc3c3cc(-c4ccc(N(c5ccc6c(c5)C(c5ccccc5)(c5ccccc5)c5cc7ccccc7cc5-6)c5cccc6ccccc56)cc4)ccc32)cc1. The van der Waals surface area contributed by atoms with Crippen LogP contribution in [0.15, 0.2) is 255 Å². The highest BCUT2D eigenvalue weighted by molar-refractivity contribution is 6.10. The summed E-state index contributed by atoms with van der Waals surface area (Å²) in [6, 6.07) is 94.0. The molecule has 0 fully saturated rings. The highest BCUT2D eigenvalue weighted by Gasteiger charge is 2.46.